The van der Waals surface area contributed by atoms with Gasteiger partial charge in [-0.15, -0.1) is 11.3 Å². The molecule has 0 spiro atoms. The van der Waals surface area contributed by atoms with E-state index in [1.165, 1.54) is 11.3 Å². The fraction of sp³-hybridized carbons (Fsp3) is 0.353. The number of thiazole rings is 1. The van der Waals surface area contributed by atoms with Crippen molar-refractivity contribution in [3.63, 3.8) is 0 Å². The maximum Gasteiger partial charge on any atom is 0.433 e. The van der Waals surface area contributed by atoms with Gasteiger partial charge < -0.3 is 10.4 Å². The molecule has 26 heavy (non-hydrogen) atoms. The molecule has 0 aliphatic heterocycles. The minimum absolute atomic E-state index is 0.151. The van der Waals surface area contributed by atoms with Crippen molar-refractivity contribution in [2.45, 2.75) is 32.0 Å². The van der Waals surface area contributed by atoms with Crippen LogP contribution >= 0.6 is 11.3 Å². The van der Waals surface area contributed by atoms with E-state index in [0.717, 1.165) is 22.7 Å². The lowest BCUT2D eigenvalue weighted by Crippen LogP contribution is -2.31. The number of aliphatic hydroxyl groups is 1. The Kier molecular flexibility index (Phi) is 4.85. The molecule has 1 unspecified atom stereocenters. The van der Waals surface area contributed by atoms with Crippen LogP contribution in [-0.2, 0) is 6.18 Å². The summed E-state index contributed by atoms with van der Waals surface area (Å²) >= 11 is 1.46. The van der Waals surface area contributed by atoms with Crippen molar-refractivity contribution in [1.82, 2.24) is 15.0 Å². The van der Waals surface area contributed by atoms with Gasteiger partial charge in [-0.2, -0.15) is 13.2 Å². The third kappa shape index (κ3) is 4.28. The zero-order valence-electron chi connectivity index (χ0n) is 14.1. The number of allylic oxidation sites excluding steroid dienone is 2. The fourth-order valence-corrected chi connectivity index (χ4v) is 3.24. The predicted molar refractivity (Wildman–Crippen MR) is 93.2 cm³/mol. The van der Waals surface area contributed by atoms with Gasteiger partial charge in [0, 0.05) is 24.0 Å². The summed E-state index contributed by atoms with van der Waals surface area (Å²) in [6.45, 7) is 3.39. The molecule has 1 atom stereocenters. The van der Waals surface area contributed by atoms with Crippen molar-refractivity contribution >= 4 is 22.9 Å². The highest BCUT2D eigenvalue weighted by Crippen LogP contribution is 2.37. The predicted octanol–water partition coefficient (Wildman–Crippen LogP) is 4.12. The largest absolute Gasteiger partial charge is 0.433 e. The van der Waals surface area contributed by atoms with Gasteiger partial charge in [0.2, 0.25) is 5.95 Å². The van der Waals surface area contributed by atoms with E-state index < -0.39 is 17.5 Å². The van der Waals surface area contributed by atoms with Crippen molar-refractivity contribution in [3.05, 3.63) is 52.4 Å². The summed E-state index contributed by atoms with van der Waals surface area (Å²) in [6, 6.07) is 0.818. The first-order valence-corrected chi connectivity index (χ1v) is 8.72. The number of halogens is 3. The van der Waals surface area contributed by atoms with Crippen molar-refractivity contribution < 1.29 is 18.3 Å². The fourth-order valence-electron chi connectivity index (χ4n) is 2.59. The van der Waals surface area contributed by atoms with Crippen LogP contribution in [0.1, 0.15) is 30.8 Å². The second-order valence-corrected chi connectivity index (χ2v) is 7.40. The molecule has 3 rings (SSSR count). The summed E-state index contributed by atoms with van der Waals surface area (Å²) in [4.78, 5) is 12.4. The molecule has 138 valence electrons. The molecule has 2 N–H and O–H groups in total. The van der Waals surface area contributed by atoms with E-state index in [1.807, 2.05) is 6.08 Å². The molecule has 5 nitrogen and oxygen atoms in total. The molecule has 2 aromatic heterocycles. The minimum atomic E-state index is -4.54. The zero-order valence-corrected chi connectivity index (χ0v) is 14.9. The topological polar surface area (TPSA) is 70.9 Å². The number of rotatable bonds is 4. The van der Waals surface area contributed by atoms with E-state index in [-0.39, 0.29) is 11.9 Å². The third-order valence-corrected chi connectivity index (χ3v) is 4.86. The molecule has 0 fully saturated rings. The second kappa shape index (κ2) is 6.81. The van der Waals surface area contributed by atoms with Crippen LogP contribution in [0.4, 0.5) is 19.1 Å². The van der Waals surface area contributed by atoms with E-state index in [9.17, 15) is 18.3 Å². The maximum atomic E-state index is 12.8. The summed E-state index contributed by atoms with van der Waals surface area (Å²) in [5.74, 6) is -0.375. The molecular weight excluding hydrogens is 365 g/mol. The van der Waals surface area contributed by atoms with Crippen LogP contribution in [0.15, 0.2) is 41.8 Å². The van der Waals surface area contributed by atoms with Gasteiger partial charge in [-0.1, -0.05) is 6.08 Å². The Labute approximate surface area is 152 Å². The van der Waals surface area contributed by atoms with E-state index in [4.69, 9.17) is 0 Å². The second-order valence-electron chi connectivity index (χ2n) is 6.51. The molecule has 9 heteroatoms. The van der Waals surface area contributed by atoms with Gasteiger partial charge in [0.25, 0.3) is 0 Å². The highest BCUT2D eigenvalue weighted by atomic mass is 32.1. The van der Waals surface area contributed by atoms with Crippen LogP contribution in [0.2, 0.25) is 0 Å². The Balaban J connectivity index is 1.92. The smallest absolute Gasteiger partial charge is 0.390 e. The van der Waals surface area contributed by atoms with Crippen molar-refractivity contribution in [2.24, 2.45) is 5.92 Å². The zero-order chi connectivity index (χ0) is 18.9. The molecular formula is C17H17F3N4OS. The van der Waals surface area contributed by atoms with E-state index in [2.05, 4.69) is 20.3 Å². The normalized spacial score (nSPS) is 18.3. The molecule has 2 heterocycles. The maximum absolute atomic E-state index is 12.8. The van der Waals surface area contributed by atoms with E-state index in [1.54, 1.807) is 31.6 Å². The number of nitrogens with one attached hydrogen (secondary N) is 1. The minimum Gasteiger partial charge on any atom is -0.390 e. The monoisotopic (exact) mass is 382 g/mol. The lowest BCUT2D eigenvalue weighted by molar-refractivity contribution is -0.141. The standard InChI is InChI=1S/C17H17F3N4OS/c1-16(2,25)11-5-10(13-8-21-9-26-13)6-12(7-11)23-15-22-4-3-14(24-15)17(18,19)20/h3-4,6-9,11,25H,5H2,1-2H3,(H,22,23,24). The number of hydrogen-bond acceptors (Lipinski definition) is 6. The van der Waals surface area contributed by atoms with Crippen LogP contribution < -0.4 is 5.32 Å². The van der Waals surface area contributed by atoms with Crippen LogP contribution in [0.25, 0.3) is 5.57 Å². The highest BCUT2D eigenvalue weighted by Gasteiger charge is 2.33. The van der Waals surface area contributed by atoms with Gasteiger partial charge in [0.15, 0.2) is 0 Å². The number of aromatic nitrogens is 3. The van der Waals surface area contributed by atoms with Gasteiger partial charge in [0.05, 0.1) is 16.0 Å². The average Bonchev–Trinajstić information content (AvgIpc) is 3.08. The molecule has 0 saturated carbocycles. The third-order valence-electron chi connectivity index (χ3n) is 4.01. The quantitative estimate of drug-likeness (QED) is 0.832. The van der Waals surface area contributed by atoms with Gasteiger partial charge in [-0.05, 0) is 38.0 Å². The van der Waals surface area contributed by atoms with Gasteiger partial charge in [-0.3, -0.25) is 4.98 Å². The van der Waals surface area contributed by atoms with Gasteiger partial charge in [0.1, 0.15) is 5.69 Å². The molecule has 0 amide bonds. The highest BCUT2D eigenvalue weighted by molar-refractivity contribution is 7.10. The lowest BCUT2D eigenvalue weighted by Gasteiger charge is -2.31. The lowest BCUT2D eigenvalue weighted by atomic mass is 9.81. The van der Waals surface area contributed by atoms with Gasteiger partial charge >= 0.3 is 6.18 Å². The summed E-state index contributed by atoms with van der Waals surface area (Å²) in [6.07, 6.45) is 2.44. The molecule has 0 radical (unpaired) electrons. The van der Waals surface area contributed by atoms with Crippen LogP contribution in [0, 0.1) is 5.92 Å². The molecule has 1 aliphatic carbocycles. The molecule has 2 aromatic rings. The van der Waals surface area contributed by atoms with Gasteiger partial charge in [-0.25, -0.2) is 9.97 Å². The summed E-state index contributed by atoms with van der Waals surface area (Å²) in [7, 11) is 0. The van der Waals surface area contributed by atoms with Crippen LogP contribution in [0.5, 0.6) is 0 Å². The summed E-state index contributed by atoms with van der Waals surface area (Å²) < 4.78 is 38.5. The van der Waals surface area contributed by atoms with Crippen LogP contribution in [0.3, 0.4) is 0 Å². The first-order chi connectivity index (χ1) is 12.1. The van der Waals surface area contributed by atoms with Crippen molar-refractivity contribution in [1.29, 1.82) is 0 Å². The Morgan fingerprint density at radius 2 is 2.08 bits per heavy atom. The Morgan fingerprint density at radius 3 is 2.69 bits per heavy atom. The number of anilines is 1. The van der Waals surface area contributed by atoms with Crippen molar-refractivity contribution in [3.8, 4) is 0 Å². The van der Waals surface area contributed by atoms with Crippen LogP contribution in [-0.4, -0.2) is 25.7 Å². The summed E-state index contributed by atoms with van der Waals surface area (Å²) in [5, 5.41) is 13.2. The Morgan fingerprint density at radius 1 is 1.31 bits per heavy atom. The molecule has 0 bridgehead atoms. The Bertz CT molecular complexity index is 838. The summed E-state index contributed by atoms with van der Waals surface area (Å²) in [5.41, 5.74) is 1.17. The Hall–Kier alpha value is -2.26. The van der Waals surface area contributed by atoms with Crippen molar-refractivity contribution in [2.75, 3.05) is 5.32 Å². The number of hydrogen-bond donors (Lipinski definition) is 2. The van der Waals surface area contributed by atoms with E-state index >= 15 is 0 Å². The first-order valence-electron chi connectivity index (χ1n) is 7.84. The molecule has 1 aliphatic rings. The average molecular weight is 382 g/mol. The first kappa shape index (κ1) is 18.5. The SMILES string of the molecule is CC(C)(O)C1C=C(Nc2nccc(C(F)(F)F)n2)C=C(c2cncs2)C1. The molecule has 0 aromatic carbocycles. The number of alkyl halides is 3. The number of nitrogens with zero attached hydrogens (tertiary/aromatic N) is 3. The van der Waals surface area contributed by atoms with E-state index in [0.29, 0.717) is 12.1 Å². The molecule has 0 saturated heterocycles.